The zero-order chi connectivity index (χ0) is 16.9. The quantitative estimate of drug-likeness (QED) is 0.759. The molecule has 1 heterocycles. The van der Waals surface area contributed by atoms with Crippen molar-refractivity contribution in [3.8, 4) is 0 Å². The second-order valence-electron chi connectivity index (χ2n) is 7.39. The summed E-state index contributed by atoms with van der Waals surface area (Å²) < 4.78 is 1.09. The summed E-state index contributed by atoms with van der Waals surface area (Å²) in [6, 6.07) is 8.94. The molecule has 4 heteroatoms. The zero-order valence-electron chi connectivity index (χ0n) is 14.6. The topological polar surface area (TPSA) is 32.3 Å². The molecule has 1 aromatic carbocycles. The van der Waals surface area contributed by atoms with E-state index in [9.17, 15) is 4.79 Å². The summed E-state index contributed by atoms with van der Waals surface area (Å²) in [4.78, 5) is 15.0. The lowest BCUT2D eigenvalue weighted by Gasteiger charge is -2.34. The van der Waals surface area contributed by atoms with Crippen molar-refractivity contribution in [2.45, 2.75) is 51.5 Å². The van der Waals surface area contributed by atoms with E-state index >= 15 is 0 Å². The third kappa shape index (κ3) is 5.06. The van der Waals surface area contributed by atoms with Crippen molar-refractivity contribution in [3.63, 3.8) is 0 Å². The lowest BCUT2D eigenvalue weighted by Crippen LogP contribution is -2.47. The Morgan fingerprint density at radius 2 is 2.04 bits per heavy atom. The Balaban J connectivity index is 1.48. The Labute approximate surface area is 154 Å². The van der Waals surface area contributed by atoms with Gasteiger partial charge in [0.05, 0.1) is 0 Å². The van der Waals surface area contributed by atoms with Crippen LogP contribution in [-0.4, -0.2) is 36.5 Å². The molecular formula is C20H29BrN2O. The van der Waals surface area contributed by atoms with Gasteiger partial charge in [0.1, 0.15) is 0 Å². The number of hydrogen-bond acceptors (Lipinski definition) is 2. The molecule has 1 amide bonds. The summed E-state index contributed by atoms with van der Waals surface area (Å²) in [6.07, 6.45) is 6.76. The van der Waals surface area contributed by atoms with E-state index in [0.717, 1.165) is 49.2 Å². The molecule has 132 valence electrons. The van der Waals surface area contributed by atoms with E-state index in [4.69, 9.17) is 0 Å². The number of likely N-dealkylation sites (tertiary alicyclic amines) is 1. The van der Waals surface area contributed by atoms with Crippen LogP contribution in [0.15, 0.2) is 28.7 Å². The highest BCUT2D eigenvalue weighted by Crippen LogP contribution is 2.28. The van der Waals surface area contributed by atoms with Gasteiger partial charge in [0.2, 0.25) is 5.91 Å². The molecule has 24 heavy (non-hydrogen) atoms. The Hall–Kier alpha value is -0.870. The van der Waals surface area contributed by atoms with Gasteiger partial charge in [-0.25, -0.2) is 0 Å². The van der Waals surface area contributed by atoms with Crippen LogP contribution in [0.4, 0.5) is 0 Å². The van der Waals surface area contributed by atoms with Gasteiger partial charge >= 0.3 is 0 Å². The first kappa shape index (κ1) is 17.9. The highest BCUT2D eigenvalue weighted by Gasteiger charge is 2.28. The Morgan fingerprint density at radius 1 is 1.29 bits per heavy atom. The molecule has 3 rings (SSSR count). The van der Waals surface area contributed by atoms with Gasteiger partial charge < -0.3 is 10.2 Å². The Morgan fingerprint density at radius 3 is 2.67 bits per heavy atom. The summed E-state index contributed by atoms with van der Waals surface area (Å²) in [5.74, 6) is 1.38. The number of carbonyl (C=O) groups excluding carboxylic acids is 1. The van der Waals surface area contributed by atoms with Crippen molar-refractivity contribution in [2.75, 3.05) is 19.6 Å². The lowest BCUT2D eigenvalue weighted by atomic mass is 9.94. The van der Waals surface area contributed by atoms with E-state index in [1.54, 1.807) is 0 Å². The van der Waals surface area contributed by atoms with Crippen molar-refractivity contribution < 1.29 is 4.79 Å². The molecule has 0 aromatic heterocycles. The number of nitrogens with zero attached hydrogens (tertiary/aromatic N) is 1. The largest absolute Gasteiger partial charge is 0.342 e. The standard InChI is InChI=1S/C20H29BrN2O/c1-2-17(12-16-4-3-5-18(21)13-16)20(24)23-10-8-19(9-11-23)22-14-15-6-7-15/h3-5,13,15,17,19,22H,2,6-12,14H2,1H3. The van der Waals surface area contributed by atoms with Gasteiger partial charge in [0.25, 0.3) is 0 Å². The number of halogens is 1. The van der Waals surface area contributed by atoms with Crippen LogP contribution in [0.5, 0.6) is 0 Å². The minimum absolute atomic E-state index is 0.107. The van der Waals surface area contributed by atoms with Crippen LogP contribution in [0, 0.1) is 11.8 Å². The van der Waals surface area contributed by atoms with E-state index in [2.05, 4.69) is 45.2 Å². The Bertz CT molecular complexity index is 550. The van der Waals surface area contributed by atoms with Crippen LogP contribution >= 0.6 is 15.9 Å². The maximum absolute atomic E-state index is 12.9. The molecule has 1 aliphatic carbocycles. The predicted octanol–water partition coefficient (Wildman–Crippen LogP) is 4.01. The zero-order valence-corrected chi connectivity index (χ0v) is 16.2. The number of carbonyl (C=O) groups is 1. The molecule has 1 aromatic rings. The minimum Gasteiger partial charge on any atom is -0.342 e. The molecule has 1 atom stereocenters. The fourth-order valence-electron chi connectivity index (χ4n) is 3.57. The van der Waals surface area contributed by atoms with Gasteiger partial charge in [0.15, 0.2) is 0 Å². The van der Waals surface area contributed by atoms with Crippen molar-refractivity contribution in [2.24, 2.45) is 11.8 Å². The second kappa shape index (κ2) is 8.48. The number of hydrogen-bond donors (Lipinski definition) is 1. The number of nitrogens with one attached hydrogen (secondary N) is 1. The first-order valence-electron chi connectivity index (χ1n) is 9.42. The van der Waals surface area contributed by atoms with E-state index in [1.165, 1.54) is 24.9 Å². The molecule has 3 nitrogen and oxygen atoms in total. The first-order chi connectivity index (χ1) is 11.7. The summed E-state index contributed by atoms with van der Waals surface area (Å²) in [6.45, 7) is 5.13. The number of rotatable bonds is 7. The average molecular weight is 393 g/mol. The van der Waals surface area contributed by atoms with E-state index in [0.29, 0.717) is 11.9 Å². The van der Waals surface area contributed by atoms with Crippen LogP contribution in [-0.2, 0) is 11.2 Å². The SMILES string of the molecule is CCC(Cc1cccc(Br)c1)C(=O)N1CCC(NCC2CC2)CC1. The lowest BCUT2D eigenvalue weighted by molar-refractivity contribution is -0.136. The molecule has 1 N–H and O–H groups in total. The molecule has 1 unspecified atom stereocenters. The summed E-state index contributed by atoms with van der Waals surface area (Å²) >= 11 is 3.52. The fraction of sp³-hybridized carbons (Fsp3) is 0.650. The van der Waals surface area contributed by atoms with Crippen LogP contribution in [0.3, 0.4) is 0 Å². The molecule has 0 spiro atoms. The van der Waals surface area contributed by atoms with Gasteiger partial charge in [-0.1, -0.05) is 35.0 Å². The molecule has 0 radical (unpaired) electrons. The van der Waals surface area contributed by atoms with Crippen molar-refractivity contribution in [3.05, 3.63) is 34.3 Å². The molecule has 0 bridgehead atoms. The van der Waals surface area contributed by atoms with Crippen molar-refractivity contribution >= 4 is 21.8 Å². The normalized spacial score (nSPS) is 20.2. The number of piperidine rings is 1. The third-order valence-corrected chi connectivity index (χ3v) is 5.91. The van der Waals surface area contributed by atoms with Gasteiger partial charge in [-0.3, -0.25) is 4.79 Å². The summed E-state index contributed by atoms with van der Waals surface area (Å²) in [5, 5.41) is 3.69. The van der Waals surface area contributed by atoms with Crippen LogP contribution in [0.25, 0.3) is 0 Å². The molecule has 2 aliphatic rings. The van der Waals surface area contributed by atoms with Crippen LogP contribution in [0.2, 0.25) is 0 Å². The monoisotopic (exact) mass is 392 g/mol. The number of amides is 1. The maximum Gasteiger partial charge on any atom is 0.226 e. The van der Waals surface area contributed by atoms with E-state index < -0.39 is 0 Å². The van der Waals surface area contributed by atoms with Gasteiger partial charge in [-0.2, -0.15) is 0 Å². The highest BCUT2D eigenvalue weighted by molar-refractivity contribution is 9.10. The summed E-state index contributed by atoms with van der Waals surface area (Å²) in [7, 11) is 0. The van der Waals surface area contributed by atoms with Crippen LogP contribution < -0.4 is 5.32 Å². The summed E-state index contributed by atoms with van der Waals surface area (Å²) in [5.41, 5.74) is 1.24. The van der Waals surface area contributed by atoms with E-state index in [-0.39, 0.29) is 5.92 Å². The van der Waals surface area contributed by atoms with Gasteiger partial charge in [0, 0.05) is 29.5 Å². The highest BCUT2D eigenvalue weighted by atomic mass is 79.9. The van der Waals surface area contributed by atoms with Gasteiger partial charge in [-0.15, -0.1) is 0 Å². The molecule has 1 saturated carbocycles. The van der Waals surface area contributed by atoms with Crippen molar-refractivity contribution in [1.82, 2.24) is 10.2 Å². The molecule has 1 saturated heterocycles. The van der Waals surface area contributed by atoms with E-state index in [1.807, 2.05) is 12.1 Å². The third-order valence-electron chi connectivity index (χ3n) is 5.41. The molecule has 2 fully saturated rings. The van der Waals surface area contributed by atoms with Crippen LogP contribution in [0.1, 0.15) is 44.6 Å². The smallest absolute Gasteiger partial charge is 0.226 e. The molecule has 1 aliphatic heterocycles. The van der Waals surface area contributed by atoms with Gasteiger partial charge in [-0.05, 0) is 68.7 Å². The maximum atomic E-state index is 12.9. The second-order valence-corrected chi connectivity index (χ2v) is 8.31. The number of benzene rings is 1. The fourth-order valence-corrected chi connectivity index (χ4v) is 4.02. The minimum atomic E-state index is 0.107. The Kier molecular flexibility index (Phi) is 6.34. The first-order valence-corrected chi connectivity index (χ1v) is 10.2. The van der Waals surface area contributed by atoms with Crippen molar-refractivity contribution in [1.29, 1.82) is 0 Å². The average Bonchev–Trinajstić information content (AvgIpc) is 3.42. The predicted molar refractivity (Wildman–Crippen MR) is 102 cm³/mol. The molecular weight excluding hydrogens is 364 g/mol.